The normalized spacial score (nSPS) is 16.8. The first-order valence-electron chi connectivity index (χ1n) is 7.96. The first-order chi connectivity index (χ1) is 11.0. The summed E-state index contributed by atoms with van der Waals surface area (Å²) in [6.07, 6.45) is 2.76. The van der Waals surface area contributed by atoms with Crippen LogP contribution in [0.2, 0.25) is 5.02 Å². The molecule has 0 saturated heterocycles. The van der Waals surface area contributed by atoms with Gasteiger partial charge in [-0.1, -0.05) is 18.0 Å². The van der Waals surface area contributed by atoms with Crippen LogP contribution in [-0.2, 0) is 9.59 Å². The van der Waals surface area contributed by atoms with Crippen LogP contribution < -0.4 is 15.4 Å². The van der Waals surface area contributed by atoms with Crippen molar-refractivity contribution in [2.45, 2.75) is 45.3 Å². The summed E-state index contributed by atoms with van der Waals surface area (Å²) in [6.45, 7) is 3.92. The van der Waals surface area contributed by atoms with Gasteiger partial charge >= 0.3 is 0 Å². The number of carbonyl (C=O) groups excluding carboxylic acids is 2. The third-order valence-electron chi connectivity index (χ3n) is 3.94. The van der Waals surface area contributed by atoms with Crippen molar-refractivity contribution in [3.8, 4) is 5.75 Å². The van der Waals surface area contributed by atoms with E-state index >= 15 is 0 Å². The van der Waals surface area contributed by atoms with Gasteiger partial charge in [-0.05, 0) is 51.0 Å². The number of ether oxygens (including phenoxy) is 1. The average Bonchev–Trinajstić information content (AvgIpc) is 2.45. The van der Waals surface area contributed by atoms with Gasteiger partial charge in [-0.2, -0.15) is 0 Å². The average molecular weight is 339 g/mol. The van der Waals surface area contributed by atoms with Gasteiger partial charge in [0.1, 0.15) is 17.9 Å². The van der Waals surface area contributed by atoms with Crippen LogP contribution in [-0.4, -0.2) is 30.5 Å². The lowest BCUT2D eigenvalue weighted by atomic mass is 9.84. The Kier molecular flexibility index (Phi) is 6.28. The van der Waals surface area contributed by atoms with Crippen molar-refractivity contribution in [2.24, 2.45) is 5.92 Å². The molecule has 2 atom stereocenters. The molecule has 2 N–H and O–H groups in total. The maximum absolute atomic E-state index is 12.0. The molecule has 23 heavy (non-hydrogen) atoms. The monoisotopic (exact) mass is 338 g/mol. The highest BCUT2D eigenvalue weighted by atomic mass is 35.5. The van der Waals surface area contributed by atoms with E-state index in [1.165, 1.54) is 0 Å². The summed E-state index contributed by atoms with van der Waals surface area (Å²) >= 11 is 5.82. The van der Waals surface area contributed by atoms with Crippen LogP contribution in [0.15, 0.2) is 24.3 Å². The molecule has 1 aromatic carbocycles. The van der Waals surface area contributed by atoms with E-state index in [4.69, 9.17) is 16.3 Å². The molecule has 6 heteroatoms. The Morgan fingerprint density at radius 2 is 1.91 bits per heavy atom. The van der Waals surface area contributed by atoms with Gasteiger partial charge in [-0.15, -0.1) is 0 Å². The Morgan fingerprint density at radius 3 is 2.48 bits per heavy atom. The van der Waals surface area contributed by atoms with E-state index in [1.54, 1.807) is 31.2 Å². The molecule has 5 nitrogen and oxygen atoms in total. The summed E-state index contributed by atoms with van der Waals surface area (Å²) in [5, 5.41) is 6.19. The second-order valence-electron chi connectivity index (χ2n) is 5.99. The third kappa shape index (κ3) is 5.43. The smallest absolute Gasteiger partial charge is 0.242 e. The first kappa shape index (κ1) is 17.6. The van der Waals surface area contributed by atoms with Gasteiger partial charge in [-0.3, -0.25) is 9.59 Å². The zero-order valence-electron chi connectivity index (χ0n) is 13.5. The van der Waals surface area contributed by atoms with E-state index in [0.29, 0.717) is 17.3 Å². The predicted molar refractivity (Wildman–Crippen MR) is 89.5 cm³/mol. The lowest BCUT2D eigenvalue weighted by molar-refractivity contribution is -0.132. The fraction of sp³-hybridized carbons (Fsp3) is 0.529. The molecule has 126 valence electrons. The Bertz CT molecular complexity index is 543. The zero-order chi connectivity index (χ0) is 16.8. The fourth-order valence-corrected chi connectivity index (χ4v) is 2.38. The molecule has 0 aromatic heterocycles. The molecule has 2 rings (SSSR count). The molecule has 0 heterocycles. The first-order valence-corrected chi connectivity index (χ1v) is 8.34. The van der Waals surface area contributed by atoms with Crippen LogP contribution in [0.1, 0.15) is 33.1 Å². The molecule has 0 aliphatic heterocycles. The van der Waals surface area contributed by atoms with Gasteiger partial charge in [0.15, 0.2) is 0 Å². The maximum atomic E-state index is 12.0. The number of rotatable bonds is 7. The molecular formula is C17H23ClN2O3. The van der Waals surface area contributed by atoms with Crippen LogP contribution in [0.3, 0.4) is 0 Å². The minimum absolute atomic E-state index is 0.0237. The highest BCUT2D eigenvalue weighted by molar-refractivity contribution is 6.30. The van der Waals surface area contributed by atoms with Gasteiger partial charge < -0.3 is 15.4 Å². The van der Waals surface area contributed by atoms with Gasteiger partial charge in [0, 0.05) is 10.9 Å². The van der Waals surface area contributed by atoms with Crippen molar-refractivity contribution in [2.75, 3.05) is 6.54 Å². The minimum atomic E-state index is -0.536. The summed E-state index contributed by atoms with van der Waals surface area (Å²) in [5.74, 6) is 0.550. The zero-order valence-corrected chi connectivity index (χ0v) is 14.2. The summed E-state index contributed by atoms with van der Waals surface area (Å²) in [5.41, 5.74) is 0. The van der Waals surface area contributed by atoms with Crippen LogP contribution in [0.5, 0.6) is 5.75 Å². The van der Waals surface area contributed by atoms with Crippen molar-refractivity contribution < 1.29 is 14.3 Å². The SMILES string of the molecule is C[C@H](NC(=O)C1CCC1)C(=O)NC[C@H](C)Oc1ccc(Cl)cc1. The molecule has 1 aliphatic carbocycles. The van der Waals surface area contributed by atoms with Gasteiger partial charge in [0.05, 0.1) is 6.54 Å². The second kappa shape index (κ2) is 8.20. The van der Waals surface area contributed by atoms with Crippen LogP contribution >= 0.6 is 11.6 Å². The maximum Gasteiger partial charge on any atom is 0.242 e. The highest BCUT2D eigenvalue weighted by Crippen LogP contribution is 2.26. The largest absolute Gasteiger partial charge is 0.489 e. The van der Waals surface area contributed by atoms with Crippen molar-refractivity contribution in [1.82, 2.24) is 10.6 Å². The molecule has 0 bridgehead atoms. The molecule has 0 unspecified atom stereocenters. The summed E-state index contributed by atoms with van der Waals surface area (Å²) in [4.78, 5) is 23.8. The number of carbonyl (C=O) groups is 2. The molecule has 1 aliphatic rings. The van der Waals surface area contributed by atoms with Crippen LogP contribution in [0.4, 0.5) is 0 Å². The lowest BCUT2D eigenvalue weighted by Crippen LogP contribution is -2.49. The fourth-order valence-electron chi connectivity index (χ4n) is 2.25. The molecular weight excluding hydrogens is 316 g/mol. The number of nitrogens with one attached hydrogen (secondary N) is 2. The van der Waals surface area contributed by atoms with Crippen molar-refractivity contribution in [3.05, 3.63) is 29.3 Å². The lowest BCUT2D eigenvalue weighted by Gasteiger charge is -2.26. The minimum Gasteiger partial charge on any atom is -0.489 e. The summed E-state index contributed by atoms with van der Waals surface area (Å²) in [6, 6.07) is 6.52. The standard InChI is InChI=1S/C17H23ClN2O3/c1-11(23-15-8-6-14(18)7-9-15)10-19-16(21)12(2)20-17(22)13-4-3-5-13/h6-9,11-13H,3-5,10H2,1-2H3,(H,19,21)(H,20,22)/t11-,12-/m0/s1. The van der Waals surface area contributed by atoms with Crippen LogP contribution in [0.25, 0.3) is 0 Å². The van der Waals surface area contributed by atoms with E-state index in [-0.39, 0.29) is 23.8 Å². The van der Waals surface area contributed by atoms with Crippen molar-refractivity contribution in [1.29, 1.82) is 0 Å². The number of hydrogen-bond donors (Lipinski definition) is 2. The van der Waals surface area contributed by atoms with Gasteiger partial charge in [0.2, 0.25) is 11.8 Å². The number of benzene rings is 1. The van der Waals surface area contributed by atoms with Crippen molar-refractivity contribution in [3.63, 3.8) is 0 Å². The molecule has 1 aromatic rings. The van der Waals surface area contributed by atoms with Gasteiger partial charge in [-0.25, -0.2) is 0 Å². The van der Waals surface area contributed by atoms with E-state index < -0.39 is 6.04 Å². The van der Waals surface area contributed by atoms with Gasteiger partial charge in [0.25, 0.3) is 0 Å². The second-order valence-corrected chi connectivity index (χ2v) is 6.42. The Morgan fingerprint density at radius 1 is 1.26 bits per heavy atom. The predicted octanol–water partition coefficient (Wildman–Crippen LogP) is 2.53. The summed E-state index contributed by atoms with van der Waals surface area (Å²) in [7, 11) is 0. The topological polar surface area (TPSA) is 67.4 Å². The highest BCUT2D eigenvalue weighted by Gasteiger charge is 2.27. The molecule has 1 saturated carbocycles. The van der Waals surface area contributed by atoms with Crippen molar-refractivity contribution >= 4 is 23.4 Å². The third-order valence-corrected chi connectivity index (χ3v) is 4.19. The van der Waals surface area contributed by atoms with E-state index in [2.05, 4.69) is 10.6 Å². The Labute approximate surface area is 141 Å². The van der Waals surface area contributed by atoms with Crippen LogP contribution in [0, 0.1) is 5.92 Å². The molecule has 0 spiro atoms. The quantitative estimate of drug-likeness (QED) is 0.802. The number of halogens is 1. The van der Waals surface area contributed by atoms with E-state index in [9.17, 15) is 9.59 Å². The molecule has 0 radical (unpaired) electrons. The Balaban J connectivity index is 1.69. The Hall–Kier alpha value is -1.75. The molecule has 1 fully saturated rings. The molecule has 2 amide bonds. The number of amides is 2. The van der Waals surface area contributed by atoms with E-state index in [0.717, 1.165) is 19.3 Å². The van der Waals surface area contributed by atoms with E-state index in [1.807, 2.05) is 6.92 Å². The number of hydrogen-bond acceptors (Lipinski definition) is 3. The summed E-state index contributed by atoms with van der Waals surface area (Å²) < 4.78 is 5.68.